The van der Waals surface area contributed by atoms with Crippen LogP contribution in [-0.4, -0.2) is 24.4 Å². The van der Waals surface area contributed by atoms with Crippen molar-refractivity contribution in [3.05, 3.63) is 70.8 Å². The molecule has 0 heterocycles. The standard InChI is InChI=1S/2C10H14.2CH4O/c1-8(2)10-6-4-5-9(3)7-10;1-8(2)10-7-5-4-6-9(10)3;2*1-2/h2*4-8H,1-3H3;2*2H,1H3. The molecule has 0 aliphatic heterocycles. The maximum Gasteiger partial charge on any atom is 0.0319 e. The maximum atomic E-state index is 7.00. The minimum atomic E-state index is 0.653. The van der Waals surface area contributed by atoms with E-state index < -0.39 is 0 Å². The van der Waals surface area contributed by atoms with Crippen molar-refractivity contribution < 1.29 is 10.2 Å². The van der Waals surface area contributed by atoms with Crippen molar-refractivity contribution >= 4 is 0 Å². The SMILES string of the molecule is CO.CO.Cc1cccc(C(C)C)c1.Cc1ccccc1C(C)C. The molecule has 0 bridgehead atoms. The van der Waals surface area contributed by atoms with Crippen molar-refractivity contribution in [1.82, 2.24) is 0 Å². The van der Waals surface area contributed by atoms with E-state index in [9.17, 15) is 0 Å². The van der Waals surface area contributed by atoms with Gasteiger partial charge in [0.15, 0.2) is 0 Å². The lowest BCUT2D eigenvalue weighted by atomic mass is 9.99. The van der Waals surface area contributed by atoms with Gasteiger partial charge in [-0.05, 0) is 42.4 Å². The van der Waals surface area contributed by atoms with Gasteiger partial charge in [0, 0.05) is 14.2 Å². The van der Waals surface area contributed by atoms with E-state index in [1.807, 2.05) is 0 Å². The van der Waals surface area contributed by atoms with Crippen LogP contribution in [0.5, 0.6) is 0 Å². The molecule has 0 spiro atoms. The molecule has 2 nitrogen and oxygen atoms in total. The normalized spacial score (nSPS) is 9.17. The number of aliphatic hydroxyl groups is 2. The highest BCUT2D eigenvalue weighted by Crippen LogP contribution is 2.17. The van der Waals surface area contributed by atoms with Crippen LogP contribution in [0.3, 0.4) is 0 Å². The molecule has 0 unspecified atom stereocenters. The Morgan fingerprint density at radius 1 is 0.667 bits per heavy atom. The van der Waals surface area contributed by atoms with Gasteiger partial charge in [-0.1, -0.05) is 81.8 Å². The van der Waals surface area contributed by atoms with Gasteiger partial charge in [0.2, 0.25) is 0 Å². The molecule has 0 saturated carbocycles. The maximum absolute atomic E-state index is 7.00. The van der Waals surface area contributed by atoms with Gasteiger partial charge in [-0.25, -0.2) is 0 Å². The number of aliphatic hydroxyl groups excluding tert-OH is 2. The van der Waals surface area contributed by atoms with E-state index >= 15 is 0 Å². The van der Waals surface area contributed by atoms with E-state index in [2.05, 4.69) is 90.1 Å². The molecule has 0 aliphatic carbocycles. The third-order valence-corrected chi connectivity index (χ3v) is 3.52. The Bertz CT molecular complexity index is 531. The van der Waals surface area contributed by atoms with Crippen LogP contribution in [-0.2, 0) is 0 Å². The Morgan fingerprint density at radius 2 is 1.21 bits per heavy atom. The van der Waals surface area contributed by atoms with Gasteiger partial charge in [0.05, 0.1) is 0 Å². The van der Waals surface area contributed by atoms with Gasteiger partial charge >= 0.3 is 0 Å². The van der Waals surface area contributed by atoms with E-state index in [-0.39, 0.29) is 0 Å². The molecule has 2 heteroatoms. The van der Waals surface area contributed by atoms with Crippen molar-refractivity contribution in [2.45, 2.75) is 53.4 Å². The predicted molar refractivity (Wildman–Crippen MR) is 107 cm³/mol. The predicted octanol–water partition coefficient (Wildman–Crippen LogP) is 5.45. The Morgan fingerprint density at radius 3 is 1.54 bits per heavy atom. The molecule has 2 rings (SSSR count). The Labute approximate surface area is 149 Å². The van der Waals surface area contributed by atoms with Crippen LogP contribution in [0, 0.1) is 13.8 Å². The first kappa shape index (κ1) is 24.6. The molecular formula is C22H36O2. The Balaban J connectivity index is 0. The van der Waals surface area contributed by atoms with Gasteiger partial charge < -0.3 is 10.2 Å². The third kappa shape index (κ3) is 10.2. The van der Waals surface area contributed by atoms with Crippen molar-refractivity contribution in [3.63, 3.8) is 0 Å². The van der Waals surface area contributed by atoms with Crippen molar-refractivity contribution in [3.8, 4) is 0 Å². The first-order valence-corrected chi connectivity index (χ1v) is 8.43. The number of hydrogen-bond donors (Lipinski definition) is 2. The largest absolute Gasteiger partial charge is 0.400 e. The highest BCUT2D eigenvalue weighted by molar-refractivity contribution is 5.28. The minimum absolute atomic E-state index is 0.653. The van der Waals surface area contributed by atoms with Gasteiger partial charge in [0.25, 0.3) is 0 Å². The van der Waals surface area contributed by atoms with E-state index in [1.54, 1.807) is 0 Å². The molecule has 136 valence electrons. The lowest BCUT2D eigenvalue weighted by Gasteiger charge is -2.07. The van der Waals surface area contributed by atoms with Crippen LogP contribution in [0.4, 0.5) is 0 Å². The van der Waals surface area contributed by atoms with Crippen molar-refractivity contribution in [1.29, 1.82) is 0 Å². The summed E-state index contributed by atoms with van der Waals surface area (Å²) in [4.78, 5) is 0. The molecule has 0 fully saturated rings. The summed E-state index contributed by atoms with van der Waals surface area (Å²) in [6.45, 7) is 13.2. The summed E-state index contributed by atoms with van der Waals surface area (Å²) in [7, 11) is 2.00. The molecule has 0 atom stereocenters. The third-order valence-electron chi connectivity index (χ3n) is 3.52. The molecule has 24 heavy (non-hydrogen) atoms. The van der Waals surface area contributed by atoms with Crippen molar-refractivity contribution in [2.75, 3.05) is 14.2 Å². The second-order valence-corrected chi connectivity index (χ2v) is 6.08. The first-order valence-electron chi connectivity index (χ1n) is 8.43. The summed E-state index contributed by atoms with van der Waals surface area (Å²) in [6.07, 6.45) is 0. The van der Waals surface area contributed by atoms with Gasteiger partial charge in [-0.3, -0.25) is 0 Å². The molecule has 2 N–H and O–H groups in total. The molecule has 0 aromatic heterocycles. The summed E-state index contributed by atoms with van der Waals surface area (Å²) in [5.74, 6) is 1.31. The van der Waals surface area contributed by atoms with Gasteiger partial charge in [-0.2, -0.15) is 0 Å². The van der Waals surface area contributed by atoms with Crippen LogP contribution in [0.25, 0.3) is 0 Å². The van der Waals surface area contributed by atoms with Crippen LogP contribution < -0.4 is 0 Å². The lowest BCUT2D eigenvalue weighted by molar-refractivity contribution is 0.399. The van der Waals surface area contributed by atoms with Gasteiger partial charge in [0.1, 0.15) is 0 Å². The number of benzene rings is 2. The zero-order valence-corrected chi connectivity index (χ0v) is 16.7. The fourth-order valence-corrected chi connectivity index (χ4v) is 2.26. The molecule has 0 saturated heterocycles. The summed E-state index contributed by atoms with van der Waals surface area (Å²) >= 11 is 0. The Kier molecular flexibility index (Phi) is 15.3. The van der Waals surface area contributed by atoms with Crippen LogP contribution in [0.2, 0.25) is 0 Å². The lowest BCUT2D eigenvalue weighted by Crippen LogP contribution is -1.89. The molecule has 0 amide bonds. The first-order chi connectivity index (χ1) is 11.4. The van der Waals surface area contributed by atoms with E-state index in [4.69, 9.17) is 10.2 Å². The smallest absolute Gasteiger partial charge is 0.0319 e. The second kappa shape index (κ2) is 14.9. The highest BCUT2D eigenvalue weighted by atomic mass is 16.2. The van der Waals surface area contributed by atoms with E-state index in [0.29, 0.717) is 11.8 Å². The fraction of sp³-hybridized carbons (Fsp3) is 0.455. The quantitative estimate of drug-likeness (QED) is 0.767. The average Bonchev–Trinajstić information content (AvgIpc) is 2.59. The molecular weight excluding hydrogens is 296 g/mol. The zero-order chi connectivity index (χ0) is 19.1. The molecule has 0 aliphatic rings. The van der Waals surface area contributed by atoms with Crippen LogP contribution >= 0.6 is 0 Å². The fourth-order valence-electron chi connectivity index (χ4n) is 2.26. The molecule has 2 aromatic carbocycles. The zero-order valence-electron chi connectivity index (χ0n) is 16.7. The minimum Gasteiger partial charge on any atom is -0.400 e. The summed E-state index contributed by atoms with van der Waals surface area (Å²) in [6, 6.07) is 17.2. The Hall–Kier alpha value is -1.64. The summed E-state index contributed by atoms with van der Waals surface area (Å²) in [5.41, 5.74) is 5.64. The summed E-state index contributed by atoms with van der Waals surface area (Å²) in [5, 5.41) is 14.0. The topological polar surface area (TPSA) is 40.5 Å². The second-order valence-electron chi connectivity index (χ2n) is 6.08. The van der Waals surface area contributed by atoms with Crippen molar-refractivity contribution in [2.24, 2.45) is 0 Å². The number of aryl methyl sites for hydroxylation is 2. The average molecular weight is 333 g/mol. The monoisotopic (exact) mass is 332 g/mol. The van der Waals surface area contributed by atoms with Crippen LogP contribution in [0.15, 0.2) is 48.5 Å². The number of rotatable bonds is 2. The molecule has 0 radical (unpaired) electrons. The highest BCUT2D eigenvalue weighted by Gasteiger charge is 1.99. The number of hydrogen-bond acceptors (Lipinski definition) is 2. The van der Waals surface area contributed by atoms with Crippen LogP contribution in [0.1, 0.15) is 61.8 Å². The summed E-state index contributed by atoms with van der Waals surface area (Å²) < 4.78 is 0. The van der Waals surface area contributed by atoms with E-state index in [0.717, 1.165) is 14.2 Å². The molecule has 2 aromatic rings. The van der Waals surface area contributed by atoms with E-state index in [1.165, 1.54) is 22.3 Å². The van der Waals surface area contributed by atoms with Gasteiger partial charge in [-0.15, -0.1) is 0 Å².